The van der Waals surface area contributed by atoms with Crippen LogP contribution in [0.2, 0.25) is 0 Å². The van der Waals surface area contributed by atoms with Crippen LogP contribution in [0.25, 0.3) is 0 Å². The van der Waals surface area contributed by atoms with Crippen molar-refractivity contribution in [1.29, 1.82) is 0 Å². The van der Waals surface area contributed by atoms with Gasteiger partial charge in [-0.1, -0.05) is 91.0 Å². The Bertz CT molecular complexity index is 1120. The Morgan fingerprint density at radius 3 is 1.84 bits per heavy atom. The number of esters is 1. The number of carbonyl (C=O) groups is 1. The van der Waals surface area contributed by atoms with Crippen molar-refractivity contribution in [1.82, 2.24) is 0 Å². The van der Waals surface area contributed by atoms with Gasteiger partial charge in [0.1, 0.15) is 18.3 Å². The minimum atomic E-state index is -0.934. The molecule has 0 spiro atoms. The lowest BCUT2D eigenvalue weighted by molar-refractivity contribution is -0.207. The van der Waals surface area contributed by atoms with E-state index in [1.54, 1.807) is 0 Å². The zero-order valence-electron chi connectivity index (χ0n) is 20.7. The summed E-state index contributed by atoms with van der Waals surface area (Å²) in [5, 5.41) is 0. The van der Waals surface area contributed by atoms with Crippen LogP contribution in [-0.2, 0) is 48.3 Å². The van der Waals surface area contributed by atoms with Crippen LogP contribution in [0.1, 0.15) is 23.6 Å². The van der Waals surface area contributed by atoms with E-state index in [1.165, 1.54) is 6.92 Å². The van der Waals surface area contributed by atoms with Crippen LogP contribution in [0.15, 0.2) is 102 Å². The number of rotatable bonds is 11. The van der Waals surface area contributed by atoms with E-state index in [9.17, 15) is 4.79 Å². The van der Waals surface area contributed by atoms with Crippen LogP contribution < -0.4 is 0 Å². The van der Waals surface area contributed by atoms with E-state index in [0.717, 1.165) is 16.7 Å². The van der Waals surface area contributed by atoms with Crippen molar-refractivity contribution in [3.8, 4) is 0 Å². The molecule has 0 saturated carbocycles. The first-order chi connectivity index (χ1) is 18.1. The van der Waals surface area contributed by atoms with Gasteiger partial charge in [-0.15, -0.1) is 0 Å². The predicted molar refractivity (Wildman–Crippen MR) is 144 cm³/mol. The molecule has 0 bridgehead atoms. The Hall–Kier alpha value is -2.81. The highest BCUT2D eigenvalue weighted by Crippen LogP contribution is 2.29. The Balaban J connectivity index is 1.56. The molecule has 0 N–H and O–H groups in total. The Morgan fingerprint density at radius 1 is 0.784 bits per heavy atom. The summed E-state index contributed by atoms with van der Waals surface area (Å²) in [5.41, 5.74) is 3.11. The highest BCUT2D eigenvalue weighted by atomic mass is 79.9. The van der Waals surface area contributed by atoms with E-state index in [0.29, 0.717) is 24.3 Å². The van der Waals surface area contributed by atoms with Gasteiger partial charge >= 0.3 is 5.97 Å². The molecule has 0 aliphatic carbocycles. The van der Waals surface area contributed by atoms with E-state index in [1.807, 2.05) is 97.1 Å². The summed E-state index contributed by atoms with van der Waals surface area (Å²) in [6.45, 7) is 2.71. The molecule has 0 fully saturated rings. The highest BCUT2D eigenvalue weighted by Gasteiger charge is 2.38. The fourth-order valence-corrected chi connectivity index (χ4v) is 4.42. The zero-order chi connectivity index (χ0) is 25.9. The zero-order valence-corrected chi connectivity index (χ0v) is 22.3. The third-order valence-electron chi connectivity index (χ3n) is 5.77. The molecule has 6 nitrogen and oxygen atoms in total. The minimum Gasteiger partial charge on any atom is -0.431 e. The average Bonchev–Trinajstić information content (AvgIpc) is 3.03. The molecule has 0 saturated heterocycles. The van der Waals surface area contributed by atoms with Gasteiger partial charge in [-0.2, -0.15) is 0 Å². The van der Waals surface area contributed by atoms with Gasteiger partial charge in [-0.05, 0) is 38.7 Å². The molecule has 1 heterocycles. The van der Waals surface area contributed by atoms with Gasteiger partial charge in [-0.25, -0.2) is 0 Å². The molecule has 0 unspecified atom stereocenters. The van der Waals surface area contributed by atoms with E-state index in [2.05, 4.69) is 15.9 Å². The number of benzene rings is 3. The molecule has 1 aliphatic rings. The molecule has 4 atom stereocenters. The molecule has 0 amide bonds. The first-order valence-corrected chi connectivity index (χ1v) is 13.0. The van der Waals surface area contributed by atoms with Crippen LogP contribution in [-0.4, -0.2) is 37.2 Å². The molecular formula is C30H31BrO6. The van der Waals surface area contributed by atoms with Gasteiger partial charge in [0.15, 0.2) is 0 Å². The number of ether oxygens (including phenoxy) is 5. The average molecular weight is 567 g/mol. The maximum atomic E-state index is 11.8. The van der Waals surface area contributed by atoms with Crippen molar-refractivity contribution < 1.29 is 28.5 Å². The second kappa shape index (κ2) is 14.2. The summed E-state index contributed by atoms with van der Waals surface area (Å²) in [4.78, 5) is 11.8. The Labute approximate surface area is 226 Å². The number of hydrogen-bond donors (Lipinski definition) is 0. The molecule has 7 heteroatoms. The smallest absolute Gasteiger partial charge is 0.305 e. The van der Waals surface area contributed by atoms with Crippen LogP contribution in [0.3, 0.4) is 0 Å². The standard InChI is InChI=1S/C30H31BrO6/c1-22(32)36-30-26(31)17-27(34-19-24-13-7-3-8-14-24)29(35-20-25-15-9-4-10-16-25)28(37-30)21-33-18-23-11-5-2-6-12-23/h2-17,27-30H,18-21H2,1H3/t27-,28-,29+,30-/m1/s1. The summed E-state index contributed by atoms with van der Waals surface area (Å²) >= 11 is 3.54. The summed E-state index contributed by atoms with van der Waals surface area (Å²) < 4.78 is 31.1. The molecule has 0 radical (unpaired) electrons. The van der Waals surface area contributed by atoms with Crippen molar-refractivity contribution >= 4 is 21.9 Å². The maximum absolute atomic E-state index is 11.8. The monoisotopic (exact) mass is 566 g/mol. The van der Waals surface area contributed by atoms with Gasteiger partial charge in [0.2, 0.25) is 6.29 Å². The molecule has 3 aromatic rings. The van der Waals surface area contributed by atoms with Crippen molar-refractivity contribution in [2.24, 2.45) is 0 Å². The van der Waals surface area contributed by atoms with Gasteiger partial charge in [0.05, 0.1) is 30.9 Å². The van der Waals surface area contributed by atoms with E-state index < -0.39 is 30.6 Å². The minimum absolute atomic E-state index is 0.214. The molecule has 37 heavy (non-hydrogen) atoms. The highest BCUT2D eigenvalue weighted by molar-refractivity contribution is 9.11. The van der Waals surface area contributed by atoms with E-state index in [-0.39, 0.29) is 6.61 Å². The lowest BCUT2D eigenvalue weighted by atomic mass is 10.1. The quantitative estimate of drug-likeness (QED) is 0.267. The third kappa shape index (κ3) is 8.62. The van der Waals surface area contributed by atoms with Crippen LogP contribution in [0.4, 0.5) is 0 Å². The van der Waals surface area contributed by atoms with Crippen LogP contribution in [0.5, 0.6) is 0 Å². The largest absolute Gasteiger partial charge is 0.431 e. The first kappa shape index (κ1) is 27.2. The Morgan fingerprint density at radius 2 is 1.30 bits per heavy atom. The van der Waals surface area contributed by atoms with E-state index in [4.69, 9.17) is 23.7 Å². The second-order valence-corrected chi connectivity index (χ2v) is 9.61. The lowest BCUT2D eigenvalue weighted by Crippen LogP contribution is -2.44. The molecule has 1 aliphatic heterocycles. The third-order valence-corrected chi connectivity index (χ3v) is 6.41. The number of carbonyl (C=O) groups excluding carboxylic acids is 1. The molecule has 0 aromatic heterocycles. The summed E-state index contributed by atoms with van der Waals surface area (Å²) in [5.74, 6) is -0.454. The second-order valence-electron chi connectivity index (χ2n) is 8.69. The molecule has 3 aromatic carbocycles. The maximum Gasteiger partial charge on any atom is 0.305 e. The molecule has 194 valence electrons. The first-order valence-electron chi connectivity index (χ1n) is 12.2. The van der Waals surface area contributed by atoms with Crippen molar-refractivity contribution in [3.63, 3.8) is 0 Å². The van der Waals surface area contributed by atoms with Crippen molar-refractivity contribution in [2.75, 3.05) is 6.61 Å². The molecule has 4 rings (SSSR count). The van der Waals surface area contributed by atoms with Crippen LogP contribution >= 0.6 is 15.9 Å². The van der Waals surface area contributed by atoms with E-state index >= 15 is 0 Å². The molecular weight excluding hydrogens is 536 g/mol. The van der Waals surface area contributed by atoms with Gasteiger partial charge in [-0.3, -0.25) is 4.79 Å². The normalized spacial score (nSPS) is 21.6. The predicted octanol–water partition coefficient (Wildman–Crippen LogP) is 5.94. The van der Waals surface area contributed by atoms with Crippen molar-refractivity contribution in [2.45, 2.75) is 51.3 Å². The van der Waals surface area contributed by atoms with Crippen molar-refractivity contribution in [3.05, 3.63) is 118 Å². The Kier molecular flexibility index (Phi) is 10.5. The van der Waals surface area contributed by atoms with Gasteiger partial charge < -0.3 is 23.7 Å². The summed E-state index contributed by atoms with van der Waals surface area (Å²) in [7, 11) is 0. The number of halogens is 1. The van der Waals surface area contributed by atoms with Gasteiger partial charge in [0.25, 0.3) is 0 Å². The topological polar surface area (TPSA) is 63.2 Å². The summed E-state index contributed by atoms with van der Waals surface area (Å²) in [6.07, 6.45) is -0.694. The van der Waals surface area contributed by atoms with Crippen LogP contribution in [0, 0.1) is 0 Å². The summed E-state index contributed by atoms with van der Waals surface area (Å²) in [6, 6.07) is 29.8. The van der Waals surface area contributed by atoms with Gasteiger partial charge in [0, 0.05) is 6.92 Å². The SMILES string of the molecule is CC(=O)O[C@@H]1O[C@H](COCc2ccccc2)[C@@H](OCc2ccccc2)[C@H](OCc2ccccc2)C=C1Br. The number of hydrogen-bond acceptors (Lipinski definition) is 6. The lowest BCUT2D eigenvalue weighted by Gasteiger charge is -2.31. The fraction of sp³-hybridized carbons (Fsp3) is 0.300. The fourth-order valence-electron chi connectivity index (χ4n) is 3.96.